The van der Waals surface area contributed by atoms with Crippen molar-refractivity contribution in [3.8, 4) is 0 Å². The van der Waals surface area contributed by atoms with Gasteiger partial charge in [0.2, 0.25) is 5.91 Å². The van der Waals surface area contributed by atoms with Gasteiger partial charge in [0.25, 0.3) is 0 Å². The molecule has 1 fully saturated rings. The Morgan fingerprint density at radius 1 is 1.43 bits per heavy atom. The van der Waals surface area contributed by atoms with E-state index in [0.29, 0.717) is 0 Å². The topological polar surface area (TPSA) is 41.1 Å². The quantitative estimate of drug-likeness (QED) is 0.656. The summed E-state index contributed by atoms with van der Waals surface area (Å²) in [6, 6.07) is 0.0744. The Balaban J connectivity index is 2.07. The van der Waals surface area contributed by atoms with Gasteiger partial charge in [0.1, 0.15) is 0 Å². The van der Waals surface area contributed by atoms with E-state index in [-0.39, 0.29) is 11.9 Å². The Morgan fingerprint density at radius 2 is 2.29 bits per heavy atom. The fraction of sp³-hybridized carbons (Fsp3) is 0.909. The Hall–Kier alpha value is -0.570. The highest BCUT2D eigenvalue weighted by molar-refractivity contribution is 5.81. The fourth-order valence-electron chi connectivity index (χ4n) is 1.79. The number of rotatable bonds is 5. The van der Waals surface area contributed by atoms with Crippen molar-refractivity contribution in [2.24, 2.45) is 0 Å². The lowest BCUT2D eigenvalue weighted by Crippen LogP contribution is -2.46. The van der Waals surface area contributed by atoms with Crippen LogP contribution in [0.5, 0.6) is 0 Å². The molecule has 0 bridgehead atoms. The van der Waals surface area contributed by atoms with E-state index in [1.165, 1.54) is 25.7 Å². The van der Waals surface area contributed by atoms with Crippen molar-refractivity contribution < 1.29 is 4.79 Å². The maximum atomic E-state index is 11.6. The summed E-state index contributed by atoms with van der Waals surface area (Å²) in [5.74, 6) is 0.195. The maximum Gasteiger partial charge on any atom is 0.237 e. The Labute approximate surface area is 86.6 Å². The Kier molecular flexibility index (Phi) is 5.60. The molecular formula is C11H22N2O. The monoisotopic (exact) mass is 198 g/mol. The summed E-state index contributed by atoms with van der Waals surface area (Å²) in [5.41, 5.74) is 0. The molecule has 1 amide bonds. The van der Waals surface area contributed by atoms with Crippen molar-refractivity contribution in [1.82, 2.24) is 10.6 Å². The molecule has 82 valence electrons. The van der Waals surface area contributed by atoms with Gasteiger partial charge in [-0.25, -0.2) is 0 Å². The Morgan fingerprint density at radius 3 is 2.93 bits per heavy atom. The predicted octanol–water partition coefficient (Wildman–Crippen LogP) is 1.43. The van der Waals surface area contributed by atoms with Crippen LogP contribution in [0.2, 0.25) is 0 Å². The third-order valence-electron chi connectivity index (χ3n) is 2.71. The molecule has 0 saturated carbocycles. The van der Waals surface area contributed by atoms with Crippen LogP contribution in [0, 0.1) is 0 Å². The number of piperidine rings is 1. The van der Waals surface area contributed by atoms with Crippen LogP contribution in [-0.4, -0.2) is 25.0 Å². The summed E-state index contributed by atoms with van der Waals surface area (Å²) in [5, 5.41) is 6.23. The normalized spacial score (nSPS) is 21.9. The van der Waals surface area contributed by atoms with E-state index in [4.69, 9.17) is 0 Å². The second kappa shape index (κ2) is 6.82. The van der Waals surface area contributed by atoms with Crippen molar-refractivity contribution in [2.45, 2.75) is 51.5 Å². The first-order chi connectivity index (χ1) is 6.84. The largest absolute Gasteiger partial charge is 0.355 e. The molecule has 1 rings (SSSR count). The summed E-state index contributed by atoms with van der Waals surface area (Å²) in [4.78, 5) is 11.6. The molecule has 2 N–H and O–H groups in total. The van der Waals surface area contributed by atoms with E-state index >= 15 is 0 Å². The molecule has 0 aliphatic carbocycles. The van der Waals surface area contributed by atoms with Crippen LogP contribution >= 0.6 is 0 Å². The van der Waals surface area contributed by atoms with Crippen molar-refractivity contribution >= 4 is 5.91 Å². The van der Waals surface area contributed by atoms with Crippen molar-refractivity contribution in [3.05, 3.63) is 0 Å². The van der Waals surface area contributed by atoms with Gasteiger partial charge in [-0.3, -0.25) is 4.79 Å². The first-order valence-electron chi connectivity index (χ1n) is 5.85. The van der Waals surface area contributed by atoms with E-state index in [1.807, 2.05) is 0 Å². The third kappa shape index (κ3) is 4.09. The fourth-order valence-corrected chi connectivity index (χ4v) is 1.79. The number of unbranched alkanes of at least 4 members (excludes halogenated alkanes) is 2. The molecule has 0 aromatic rings. The van der Waals surface area contributed by atoms with Crippen molar-refractivity contribution in [1.29, 1.82) is 0 Å². The van der Waals surface area contributed by atoms with Crippen LogP contribution in [0.3, 0.4) is 0 Å². The smallest absolute Gasteiger partial charge is 0.237 e. The third-order valence-corrected chi connectivity index (χ3v) is 2.71. The Bertz CT molecular complexity index is 165. The molecule has 1 heterocycles. The van der Waals surface area contributed by atoms with Gasteiger partial charge in [0.15, 0.2) is 0 Å². The summed E-state index contributed by atoms with van der Waals surface area (Å²) < 4.78 is 0. The molecular weight excluding hydrogens is 176 g/mol. The number of hydrogen-bond donors (Lipinski definition) is 2. The number of hydrogen-bond acceptors (Lipinski definition) is 2. The van der Waals surface area contributed by atoms with Crippen molar-refractivity contribution in [3.63, 3.8) is 0 Å². The van der Waals surface area contributed by atoms with E-state index in [9.17, 15) is 4.79 Å². The van der Waals surface area contributed by atoms with Gasteiger partial charge in [0, 0.05) is 6.54 Å². The SMILES string of the molecule is CCCCCNC(=O)C1CCCCN1. The average molecular weight is 198 g/mol. The zero-order chi connectivity index (χ0) is 10.2. The highest BCUT2D eigenvalue weighted by Gasteiger charge is 2.19. The molecule has 3 heteroatoms. The molecule has 0 aromatic heterocycles. The standard InChI is InChI=1S/C11H22N2O/c1-2-3-5-9-13-11(14)10-7-4-6-8-12-10/h10,12H,2-9H2,1H3,(H,13,14). The molecule has 1 aliphatic rings. The number of nitrogens with one attached hydrogen (secondary N) is 2. The summed E-state index contributed by atoms with van der Waals surface area (Å²) >= 11 is 0. The minimum absolute atomic E-state index is 0.0744. The van der Waals surface area contributed by atoms with Gasteiger partial charge in [-0.05, 0) is 25.8 Å². The first-order valence-corrected chi connectivity index (χ1v) is 5.85. The highest BCUT2D eigenvalue weighted by Crippen LogP contribution is 2.06. The van der Waals surface area contributed by atoms with Crippen LogP contribution in [0.15, 0.2) is 0 Å². The summed E-state index contributed by atoms with van der Waals surface area (Å²) in [6.45, 7) is 4.00. The highest BCUT2D eigenvalue weighted by atomic mass is 16.2. The molecule has 3 nitrogen and oxygen atoms in total. The predicted molar refractivity (Wildman–Crippen MR) is 58.2 cm³/mol. The van der Waals surface area contributed by atoms with E-state index in [2.05, 4.69) is 17.6 Å². The average Bonchev–Trinajstić information content (AvgIpc) is 2.25. The van der Waals surface area contributed by atoms with Gasteiger partial charge in [-0.2, -0.15) is 0 Å². The minimum Gasteiger partial charge on any atom is -0.355 e. The number of carbonyl (C=O) groups is 1. The second-order valence-corrected chi connectivity index (χ2v) is 4.00. The first kappa shape index (κ1) is 11.5. The lowest BCUT2D eigenvalue weighted by Gasteiger charge is -2.22. The zero-order valence-electron chi connectivity index (χ0n) is 9.14. The molecule has 0 spiro atoms. The summed E-state index contributed by atoms with van der Waals surface area (Å²) in [7, 11) is 0. The van der Waals surface area contributed by atoms with Crippen molar-refractivity contribution in [2.75, 3.05) is 13.1 Å². The van der Waals surface area contributed by atoms with Gasteiger partial charge < -0.3 is 10.6 Å². The molecule has 0 aromatic carbocycles. The van der Waals surface area contributed by atoms with Crippen LogP contribution in [0.25, 0.3) is 0 Å². The molecule has 14 heavy (non-hydrogen) atoms. The lowest BCUT2D eigenvalue weighted by molar-refractivity contribution is -0.123. The van der Waals surface area contributed by atoms with Crippen LogP contribution in [-0.2, 0) is 4.79 Å². The van der Waals surface area contributed by atoms with E-state index in [1.54, 1.807) is 0 Å². The molecule has 1 unspecified atom stereocenters. The van der Waals surface area contributed by atoms with E-state index in [0.717, 1.165) is 25.9 Å². The van der Waals surface area contributed by atoms with Gasteiger partial charge in [-0.1, -0.05) is 26.2 Å². The van der Waals surface area contributed by atoms with Crippen LogP contribution in [0.1, 0.15) is 45.4 Å². The maximum absolute atomic E-state index is 11.6. The molecule has 1 aliphatic heterocycles. The van der Waals surface area contributed by atoms with Gasteiger partial charge in [0.05, 0.1) is 6.04 Å². The van der Waals surface area contributed by atoms with Crippen LogP contribution in [0.4, 0.5) is 0 Å². The number of amides is 1. The second-order valence-electron chi connectivity index (χ2n) is 4.00. The molecule has 1 saturated heterocycles. The molecule has 0 radical (unpaired) electrons. The van der Waals surface area contributed by atoms with Gasteiger partial charge >= 0.3 is 0 Å². The summed E-state index contributed by atoms with van der Waals surface area (Å²) in [6.07, 6.45) is 6.91. The minimum atomic E-state index is 0.0744. The number of carbonyl (C=O) groups excluding carboxylic acids is 1. The molecule has 1 atom stereocenters. The zero-order valence-corrected chi connectivity index (χ0v) is 9.14. The van der Waals surface area contributed by atoms with E-state index < -0.39 is 0 Å². The van der Waals surface area contributed by atoms with Crippen LogP contribution < -0.4 is 10.6 Å². The lowest BCUT2D eigenvalue weighted by atomic mass is 10.0. The van der Waals surface area contributed by atoms with Gasteiger partial charge in [-0.15, -0.1) is 0 Å².